The average Bonchev–Trinajstić information content (AvgIpc) is 2.97. The Morgan fingerprint density at radius 3 is 2.30 bits per heavy atom. The fourth-order valence-electron chi connectivity index (χ4n) is 2.02. The highest BCUT2D eigenvalue weighted by atomic mass is 32.1. The van der Waals surface area contributed by atoms with Crippen molar-refractivity contribution in [3.8, 4) is 16.5 Å². The smallest absolute Gasteiger partial charge is 0.253 e. The monoisotopic (exact) mass is 284 g/mol. The van der Waals surface area contributed by atoms with Crippen molar-refractivity contribution < 1.29 is 4.79 Å². The van der Waals surface area contributed by atoms with E-state index in [1.54, 1.807) is 4.90 Å². The van der Waals surface area contributed by atoms with Gasteiger partial charge in [-0.3, -0.25) is 4.79 Å². The SMILES string of the molecule is CCN(CC)C(=O)c1ccc(-c2ccc(C#N)s2)cc1. The topological polar surface area (TPSA) is 44.1 Å². The number of hydrogen-bond acceptors (Lipinski definition) is 3. The second kappa shape index (κ2) is 6.36. The predicted molar refractivity (Wildman–Crippen MR) is 81.7 cm³/mol. The molecule has 0 atom stereocenters. The van der Waals surface area contributed by atoms with Crippen LogP contribution in [0.4, 0.5) is 0 Å². The summed E-state index contributed by atoms with van der Waals surface area (Å²) in [5, 5.41) is 8.84. The summed E-state index contributed by atoms with van der Waals surface area (Å²) in [5.41, 5.74) is 1.74. The normalized spacial score (nSPS) is 10.1. The lowest BCUT2D eigenvalue weighted by Gasteiger charge is -2.18. The van der Waals surface area contributed by atoms with Gasteiger partial charge in [-0.15, -0.1) is 11.3 Å². The highest BCUT2D eigenvalue weighted by Crippen LogP contribution is 2.27. The molecule has 0 saturated heterocycles. The van der Waals surface area contributed by atoms with Crippen LogP contribution in [0.5, 0.6) is 0 Å². The van der Waals surface area contributed by atoms with Gasteiger partial charge in [0, 0.05) is 23.5 Å². The molecule has 1 amide bonds. The number of carbonyl (C=O) groups excluding carboxylic acids is 1. The maximum atomic E-state index is 12.2. The Morgan fingerprint density at radius 1 is 1.15 bits per heavy atom. The summed E-state index contributed by atoms with van der Waals surface area (Å²) in [5.74, 6) is 0.0606. The van der Waals surface area contributed by atoms with Gasteiger partial charge < -0.3 is 4.90 Å². The standard InChI is InChI=1S/C16H16N2OS/c1-3-18(4-2)16(19)13-7-5-12(6-8-13)15-10-9-14(11-17)20-15/h5-10H,3-4H2,1-2H3. The van der Waals surface area contributed by atoms with Crippen molar-refractivity contribution in [2.24, 2.45) is 0 Å². The van der Waals surface area contributed by atoms with Gasteiger partial charge in [-0.1, -0.05) is 12.1 Å². The molecule has 3 nitrogen and oxygen atoms in total. The van der Waals surface area contributed by atoms with E-state index in [0.29, 0.717) is 23.5 Å². The molecule has 0 radical (unpaired) electrons. The highest BCUT2D eigenvalue weighted by molar-refractivity contribution is 7.16. The van der Waals surface area contributed by atoms with E-state index >= 15 is 0 Å². The van der Waals surface area contributed by atoms with Crippen LogP contribution in [0, 0.1) is 11.3 Å². The van der Waals surface area contributed by atoms with Crippen LogP contribution in [0.3, 0.4) is 0 Å². The number of carbonyl (C=O) groups is 1. The number of nitrogens with zero attached hydrogens (tertiary/aromatic N) is 2. The van der Waals surface area contributed by atoms with Crippen LogP contribution in [-0.2, 0) is 0 Å². The Hall–Kier alpha value is -2.12. The molecule has 20 heavy (non-hydrogen) atoms. The first-order valence-corrected chi connectivity index (χ1v) is 7.40. The van der Waals surface area contributed by atoms with Crippen LogP contribution in [0.25, 0.3) is 10.4 Å². The summed E-state index contributed by atoms with van der Waals surface area (Å²) in [4.78, 5) is 15.7. The lowest BCUT2D eigenvalue weighted by atomic mass is 10.1. The van der Waals surface area contributed by atoms with Crippen molar-refractivity contribution in [3.05, 3.63) is 46.8 Å². The summed E-state index contributed by atoms with van der Waals surface area (Å²) < 4.78 is 0. The van der Waals surface area contributed by atoms with Gasteiger partial charge in [-0.2, -0.15) is 5.26 Å². The molecule has 0 N–H and O–H groups in total. The number of thiophene rings is 1. The summed E-state index contributed by atoms with van der Waals surface area (Å²) in [6.45, 7) is 5.39. The minimum atomic E-state index is 0.0606. The van der Waals surface area contributed by atoms with Crippen molar-refractivity contribution in [1.29, 1.82) is 5.26 Å². The van der Waals surface area contributed by atoms with Crippen molar-refractivity contribution in [2.45, 2.75) is 13.8 Å². The summed E-state index contributed by atoms with van der Waals surface area (Å²) in [6.07, 6.45) is 0. The van der Waals surface area contributed by atoms with Gasteiger partial charge in [-0.05, 0) is 43.7 Å². The predicted octanol–water partition coefficient (Wildman–Crippen LogP) is 3.77. The second-order valence-corrected chi connectivity index (χ2v) is 5.41. The Balaban J connectivity index is 2.22. The molecule has 2 rings (SSSR count). The van der Waals surface area contributed by atoms with E-state index in [9.17, 15) is 4.79 Å². The Labute approximate surface area is 123 Å². The first-order valence-electron chi connectivity index (χ1n) is 6.59. The van der Waals surface area contributed by atoms with Gasteiger partial charge in [-0.25, -0.2) is 0 Å². The van der Waals surface area contributed by atoms with Gasteiger partial charge in [0.25, 0.3) is 5.91 Å². The van der Waals surface area contributed by atoms with E-state index in [1.807, 2.05) is 50.2 Å². The van der Waals surface area contributed by atoms with Crippen LogP contribution >= 0.6 is 11.3 Å². The van der Waals surface area contributed by atoms with Crippen LogP contribution < -0.4 is 0 Å². The van der Waals surface area contributed by atoms with Crippen LogP contribution in [0.15, 0.2) is 36.4 Å². The molecular weight excluding hydrogens is 268 g/mol. The summed E-state index contributed by atoms with van der Waals surface area (Å²) in [6, 6.07) is 13.5. The number of nitriles is 1. The molecule has 1 aromatic heterocycles. The molecule has 1 heterocycles. The van der Waals surface area contributed by atoms with Gasteiger partial charge >= 0.3 is 0 Å². The summed E-state index contributed by atoms with van der Waals surface area (Å²) >= 11 is 1.46. The molecule has 0 aliphatic carbocycles. The molecule has 0 bridgehead atoms. The highest BCUT2D eigenvalue weighted by Gasteiger charge is 2.12. The minimum Gasteiger partial charge on any atom is -0.339 e. The molecule has 0 aliphatic rings. The molecule has 2 aromatic rings. The van der Waals surface area contributed by atoms with Crippen molar-refractivity contribution in [3.63, 3.8) is 0 Å². The molecule has 0 spiro atoms. The van der Waals surface area contributed by atoms with E-state index in [2.05, 4.69) is 6.07 Å². The van der Waals surface area contributed by atoms with E-state index in [4.69, 9.17) is 5.26 Å². The second-order valence-electron chi connectivity index (χ2n) is 4.33. The first-order chi connectivity index (χ1) is 9.69. The Bertz CT molecular complexity index is 633. The fraction of sp³-hybridized carbons (Fsp3) is 0.250. The van der Waals surface area contributed by atoms with E-state index < -0.39 is 0 Å². The van der Waals surface area contributed by atoms with E-state index in [0.717, 1.165) is 10.4 Å². The van der Waals surface area contributed by atoms with E-state index in [1.165, 1.54) is 11.3 Å². The Kier molecular flexibility index (Phi) is 4.54. The molecule has 0 fully saturated rings. The van der Waals surface area contributed by atoms with Crippen molar-refractivity contribution in [1.82, 2.24) is 4.90 Å². The number of hydrogen-bond donors (Lipinski definition) is 0. The molecule has 0 aliphatic heterocycles. The lowest BCUT2D eigenvalue weighted by molar-refractivity contribution is 0.0773. The number of rotatable bonds is 4. The molecule has 1 aromatic carbocycles. The van der Waals surface area contributed by atoms with Gasteiger partial charge in [0.2, 0.25) is 0 Å². The third-order valence-electron chi connectivity index (χ3n) is 3.18. The molecule has 0 saturated carbocycles. The van der Waals surface area contributed by atoms with Crippen LogP contribution in [0.1, 0.15) is 29.1 Å². The van der Waals surface area contributed by atoms with Gasteiger partial charge in [0.15, 0.2) is 0 Å². The minimum absolute atomic E-state index is 0.0606. The number of benzene rings is 1. The third kappa shape index (κ3) is 2.89. The van der Waals surface area contributed by atoms with Crippen LogP contribution in [-0.4, -0.2) is 23.9 Å². The van der Waals surface area contributed by atoms with Crippen molar-refractivity contribution in [2.75, 3.05) is 13.1 Å². The lowest BCUT2D eigenvalue weighted by Crippen LogP contribution is -2.30. The fourth-order valence-corrected chi connectivity index (χ4v) is 2.83. The zero-order chi connectivity index (χ0) is 14.5. The molecule has 102 valence electrons. The average molecular weight is 284 g/mol. The van der Waals surface area contributed by atoms with Gasteiger partial charge in [0.1, 0.15) is 10.9 Å². The maximum Gasteiger partial charge on any atom is 0.253 e. The largest absolute Gasteiger partial charge is 0.339 e. The molecular formula is C16H16N2OS. The molecule has 0 unspecified atom stereocenters. The number of amides is 1. The molecule has 4 heteroatoms. The van der Waals surface area contributed by atoms with E-state index in [-0.39, 0.29) is 5.91 Å². The third-order valence-corrected chi connectivity index (χ3v) is 4.22. The Morgan fingerprint density at radius 2 is 1.80 bits per heavy atom. The zero-order valence-corrected chi connectivity index (χ0v) is 12.4. The van der Waals surface area contributed by atoms with Gasteiger partial charge in [0.05, 0.1) is 0 Å². The zero-order valence-electron chi connectivity index (χ0n) is 11.6. The van der Waals surface area contributed by atoms with Crippen LogP contribution in [0.2, 0.25) is 0 Å². The quantitative estimate of drug-likeness (QED) is 0.857. The van der Waals surface area contributed by atoms with Crippen molar-refractivity contribution >= 4 is 17.2 Å². The first kappa shape index (κ1) is 14.3. The maximum absolute atomic E-state index is 12.2. The summed E-state index contributed by atoms with van der Waals surface area (Å²) in [7, 11) is 0.